The molecular formula is C16H16N2O2. The zero-order valence-electron chi connectivity index (χ0n) is 11.2. The monoisotopic (exact) mass is 268 g/mol. The second-order valence-electron chi connectivity index (χ2n) is 4.57. The van der Waals surface area contributed by atoms with E-state index in [1.54, 1.807) is 43.3 Å². The van der Waals surface area contributed by atoms with E-state index in [9.17, 15) is 9.59 Å². The van der Waals surface area contributed by atoms with Gasteiger partial charge in [-0.15, -0.1) is 0 Å². The number of carbonyl (C=O) groups is 2. The van der Waals surface area contributed by atoms with Crippen LogP contribution in [0.5, 0.6) is 0 Å². The summed E-state index contributed by atoms with van der Waals surface area (Å²) in [4.78, 5) is 23.1. The minimum Gasteiger partial charge on any atom is -0.369 e. The molecule has 1 unspecified atom stereocenters. The molecule has 0 saturated heterocycles. The maximum Gasteiger partial charge on any atom is 0.255 e. The van der Waals surface area contributed by atoms with E-state index in [0.717, 1.165) is 5.56 Å². The molecule has 1 atom stereocenters. The van der Waals surface area contributed by atoms with E-state index in [0.29, 0.717) is 11.3 Å². The number of anilines is 1. The summed E-state index contributed by atoms with van der Waals surface area (Å²) in [5, 5.41) is 2.80. The van der Waals surface area contributed by atoms with Crippen molar-refractivity contribution in [3.8, 4) is 0 Å². The Hall–Kier alpha value is -2.62. The number of nitrogens with two attached hydrogens (primary N) is 1. The smallest absolute Gasteiger partial charge is 0.255 e. The van der Waals surface area contributed by atoms with Crippen molar-refractivity contribution in [2.75, 3.05) is 5.32 Å². The molecule has 4 nitrogen and oxygen atoms in total. The number of rotatable bonds is 4. The minimum absolute atomic E-state index is 0.165. The zero-order chi connectivity index (χ0) is 14.5. The van der Waals surface area contributed by atoms with Gasteiger partial charge in [-0.2, -0.15) is 0 Å². The van der Waals surface area contributed by atoms with E-state index >= 15 is 0 Å². The Kier molecular flexibility index (Phi) is 4.15. The number of benzene rings is 2. The van der Waals surface area contributed by atoms with Crippen LogP contribution in [0, 0.1) is 0 Å². The lowest BCUT2D eigenvalue weighted by atomic mass is 10.0. The molecule has 2 amide bonds. The van der Waals surface area contributed by atoms with Crippen LogP contribution < -0.4 is 11.1 Å². The van der Waals surface area contributed by atoms with Crippen LogP contribution >= 0.6 is 0 Å². The van der Waals surface area contributed by atoms with Crippen molar-refractivity contribution >= 4 is 17.5 Å². The molecule has 0 saturated carbocycles. The van der Waals surface area contributed by atoms with Gasteiger partial charge in [-0.05, 0) is 36.8 Å². The fourth-order valence-corrected chi connectivity index (χ4v) is 1.81. The molecule has 20 heavy (non-hydrogen) atoms. The molecule has 0 fully saturated rings. The second kappa shape index (κ2) is 6.02. The van der Waals surface area contributed by atoms with E-state index in [4.69, 9.17) is 5.73 Å². The van der Waals surface area contributed by atoms with Crippen molar-refractivity contribution in [1.29, 1.82) is 0 Å². The first-order valence-electron chi connectivity index (χ1n) is 6.33. The Bertz CT molecular complexity index is 606. The van der Waals surface area contributed by atoms with Crippen LogP contribution in [0.4, 0.5) is 5.69 Å². The van der Waals surface area contributed by atoms with Crippen molar-refractivity contribution in [3.05, 3.63) is 65.7 Å². The van der Waals surface area contributed by atoms with Gasteiger partial charge < -0.3 is 11.1 Å². The summed E-state index contributed by atoms with van der Waals surface area (Å²) < 4.78 is 0. The van der Waals surface area contributed by atoms with Gasteiger partial charge in [-0.3, -0.25) is 9.59 Å². The second-order valence-corrected chi connectivity index (χ2v) is 4.57. The van der Waals surface area contributed by atoms with Gasteiger partial charge in [0.2, 0.25) is 5.91 Å². The normalized spacial score (nSPS) is 11.7. The first kappa shape index (κ1) is 13.8. The molecule has 2 aromatic rings. The molecule has 0 heterocycles. The van der Waals surface area contributed by atoms with Crippen LogP contribution in [-0.2, 0) is 4.79 Å². The maximum atomic E-state index is 12.0. The van der Waals surface area contributed by atoms with Crippen molar-refractivity contribution in [2.45, 2.75) is 12.8 Å². The van der Waals surface area contributed by atoms with Gasteiger partial charge in [-0.1, -0.05) is 30.3 Å². The Balaban J connectivity index is 2.08. The first-order chi connectivity index (χ1) is 9.58. The average molecular weight is 268 g/mol. The quantitative estimate of drug-likeness (QED) is 0.894. The van der Waals surface area contributed by atoms with Gasteiger partial charge in [0.1, 0.15) is 0 Å². The third-order valence-electron chi connectivity index (χ3n) is 3.13. The van der Waals surface area contributed by atoms with E-state index in [-0.39, 0.29) is 17.7 Å². The van der Waals surface area contributed by atoms with Gasteiger partial charge >= 0.3 is 0 Å². The van der Waals surface area contributed by atoms with Gasteiger partial charge in [0.15, 0.2) is 0 Å². The Labute approximate surface area is 117 Å². The molecule has 2 aromatic carbocycles. The van der Waals surface area contributed by atoms with Gasteiger partial charge in [0.05, 0.1) is 5.92 Å². The summed E-state index contributed by atoms with van der Waals surface area (Å²) in [6, 6.07) is 16.1. The summed E-state index contributed by atoms with van der Waals surface area (Å²) in [6.07, 6.45) is 0. The van der Waals surface area contributed by atoms with Crippen LogP contribution in [0.3, 0.4) is 0 Å². The number of amides is 2. The Morgan fingerprint density at radius 2 is 1.60 bits per heavy atom. The standard InChI is InChI=1S/C16H16N2O2/c1-11(15(17)19)12-7-9-14(10-8-12)18-16(20)13-5-3-2-4-6-13/h2-11H,1H3,(H2,17,19)(H,18,20). The van der Waals surface area contributed by atoms with Crippen LogP contribution in [0.2, 0.25) is 0 Å². The van der Waals surface area contributed by atoms with E-state index in [1.807, 2.05) is 18.2 Å². The number of hydrogen-bond acceptors (Lipinski definition) is 2. The molecule has 0 aliphatic heterocycles. The predicted octanol–water partition coefficient (Wildman–Crippen LogP) is 2.53. The van der Waals surface area contributed by atoms with Crippen molar-refractivity contribution < 1.29 is 9.59 Å². The fourth-order valence-electron chi connectivity index (χ4n) is 1.81. The fraction of sp³-hybridized carbons (Fsp3) is 0.125. The molecule has 0 aliphatic carbocycles. The first-order valence-corrected chi connectivity index (χ1v) is 6.33. The van der Waals surface area contributed by atoms with Crippen LogP contribution in [0.25, 0.3) is 0 Å². The topological polar surface area (TPSA) is 72.2 Å². The molecule has 0 bridgehead atoms. The summed E-state index contributed by atoms with van der Waals surface area (Å²) in [7, 11) is 0. The van der Waals surface area contributed by atoms with Crippen molar-refractivity contribution in [1.82, 2.24) is 0 Å². The number of nitrogens with one attached hydrogen (secondary N) is 1. The third-order valence-corrected chi connectivity index (χ3v) is 3.13. The summed E-state index contributed by atoms with van der Waals surface area (Å²) in [5.41, 5.74) is 7.36. The Morgan fingerprint density at radius 3 is 2.15 bits per heavy atom. The minimum atomic E-state index is -0.369. The molecule has 0 aromatic heterocycles. The average Bonchev–Trinajstić information content (AvgIpc) is 2.48. The largest absolute Gasteiger partial charge is 0.369 e. The molecule has 102 valence electrons. The van der Waals surface area contributed by atoms with Crippen molar-refractivity contribution in [2.24, 2.45) is 5.73 Å². The molecule has 4 heteroatoms. The number of carbonyl (C=O) groups excluding carboxylic acids is 2. The molecule has 0 spiro atoms. The summed E-state index contributed by atoms with van der Waals surface area (Å²) in [6.45, 7) is 1.75. The predicted molar refractivity (Wildman–Crippen MR) is 78.4 cm³/mol. The lowest BCUT2D eigenvalue weighted by molar-refractivity contribution is -0.119. The van der Waals surface area contributed by atoms with Crippen LogP contribution in [0.1, 0.15) is 28.8 Å². The molecule has 3 N–H and O–H groups in total. The third kappa shape index (κ3) is 3.23. The van der Waals surface area contributed by atoms with Gasteiger partial charge in [0.25, 0.3) is 5.91 Å². The van der Waals surface area contributed by atoms with Gasteiger partial charge in [-0.25, -0.2) is 0 Å². The number of primary amides is 1. The molecular weight excluding hydrogens is 252 g/mol. The van der Waals surface area contributed by atoms with Gasteiger partial charge in [0, 0.05) is 11.3 Å². The molecule has 0 radical (unpaired) electrons. The highest BCUT2D eigenvalue weighted by atomic mass is 16.2. The lowest BCUT2D eigenvalue weighted by Crippen LogP contribution is -2.18. The van der Waals surface area contributed by atoms with E-state index in [1.165, 1.54) is 0 Å². The van der Waals surface area contributed by atoms with E-state index < -0.39 is 0 Å². The highest BCUT2D eigenvalue weighted by molar-refractivity contribution is 6.04. The highest BCUT2D eigenvalue weighted by Crippen LogP contribution is 2.18. The number of hydrogen-bond donors (Lipinski definition) is 2. The summed E-state index contributed by atoms with van der Waals surface area (Å²) in [5.74, 6) is -0.874. The maximum absolute atomic E-state index is 12.0. The molecule has 2 rings (SSSR count). The SMILES string of the molecule is CC(C(N)=O)c1ccc(NC(=O)c2ccccc2)cc1. The van der Waals surface area contributed by atoms with Crippen LogP contribution in [-0.4, -0.2) is 11.8 Å². The summed E-state index contributed by atoms with van der Waals surface area (Å²) >= 11 is 0. The lowest BCUT2D eigenvalue weighted by Gasteiger charge is -2.09. The van der Waals surface area contributed by atoms with E-state index in [2.05, 4.69) is 5.32 Å². The zero-order valence-corrected chi connectivity index (χ0v) is 11.2. The Morgan fingerprint density at radius 1 is 1.00 bits per heavy atom. The molecule has 0 aliphatic rings. The van der Waals surface area contributed by atoms with Crippen molar-refractivity contribution in [3.63, 3.8) is 0 Å². The highest BCUT2D eigenvalue weighted by Gasteiger charge is 2.11. The van der Waals surface area contributed by atoms with Crippen LogP contribution in [0.15, 0.2) is 54.6 Å².